The Kier molecular flexibility index (Phi) is 7.24. The molecule has 20 heavy (non-hydrogen) atoms. The third kappa shape index (κ3) is 5.30. The topological polar surface area (TPSA) is 54.0 Å². The molecule has 2 N–H and O–H groups in total. The van der Waals surface area contributed by atoms with Crippen molar-refractivity contribution in [3.63, 3.8) is 0 Å². The van der Waals surface area contributed by atoms with Gasteiger partial charge in [0.05, 0.1) is 25.4 Å². The number of aliphatic hydroxyl groups excluding tert-OH is 1. The molecule has 2 saturated heterocycles. The zero-order valence-electron chi connectivity index (χ0n) is 12.7. The van der Waals surface area contributed by atoms with Crippen LogP contribution in [0.5, 0.6) is 0 Å². The molecular weight excluding hydrogens is 256 g/mol. The van der Waals surface area contributed by atoms with E-state index in [-0.39, 0.29) is 6.10 Å². The zero-order chi connectivity index (χ0) is 14.2. The number of ether oxygens (including phenoxy) is 2. The maximum Gasteiger partial charge on any atom is 0.0897 e. The molecule has 0 bridgehead atoms. The molecule has 2 fully saturated rings. The predicted octanol–water partition coefficient (Wildman–Crippen LogP) is 0.617. The van der Waals surface area contributed by atoms with E-state index >= 15 is 0 Å². The van der Waals surface area contributed by atoms with Gasteiger partial charge in [0.1, 0.15) is 0 Å². The highest BCUT2D eigenvalue weighted by molar-refractivity contribution is 4.80. The lowest BCUT2D eigenvalue weighted by Gasteiger charge is -2.23. The van der Waals surface area contributed by atoms with Crippen LogP contribution < -0.4 is 5.32 Å². The van der Waals surface area contributed by atoms with Gasteiger partial charge in [-0.05, 0) is 38.8 Å². The Labute approximate surface area is 122 Å². The second-order valence-corrected chi connectivity index (χ2v) is 5.91. The molecule has 0 radical (unpaired) electrons. The molecule has 0 aromatic rings. The highest BCUT2D eigenvalue weighted by atomic mass is 16.5. The zero-order valence-corrected chi connectivity index (χ0v) is 12.7. The molecule has 118 valence electrons. The number of aliphatic hydroxyl groups is 1. The van der Waals surface area contributed by atoms with E-state index in [2.05, 4.69) is 17.1 Å². The Balaban J connectivity index is 1.48. The Hall–Kier alpha value is -0.200. The number of hydrogen-bond acceptors (Lipinski definition) is 5. The minimum absolute atomic E-state index is 0.242. The highest BCUT2D eigenvalue weighted by Gasteiger charge is 2.22. The molecule has 2 aliphatic heterocycles. The Morgan fingerprint density at radius 1 is 1.40 bits per heavy atom. The first kappa shape index (κ1) is 16.2. The molecule has 5 nitrogen and oxygen atoms in total. The standard InChI is InChI=1S/C15H30N2O3/c1-2-17-7-3-5-13(17)9-16-10-14(18)11-19-12-15-6-4-8-20-15/h13-16,18H,2-12H2,1H3. The monoisotopic (exact) mass is 286 g/mol. The van der Waals surface area contributed by atoms with Crippen molar-refractivity contribution in [2.45, 2.75) is 50.9 Å². The van der Waals surface area contributed by atoms with Crippen LogP contribution >= 0.6 is 0 Å². The van der Waals surface area contributed by atoms with Crippen LogP contribution in [0.25, 0.3) is 0 Å². The third-order valence-electron chi connectivity index (χ3n) is 4.30. The summed E-state index contributed by atoms with van der Waals surface area (Å²) in [6.07, 6.45) is 4.61. The average Bonchev–Trinajstić information content (AvgIpc) is 3.09. The van der Waals surface area contributed by atoms with Gasteiger partial charge in [-0.3, -0.25) is 4.90 Å². The van der Waals surface area contributed by atoms with E-state index in [1.807, 2.05) is 0 Å². The van der Waals surface area contributed by atoms with Gasteiger partial charge in [0.2, 0.25) is 0 Å². The van der Waals surface area contributed by atoms with Crippen LogP contribution in [0.3, 0.4) is 0 Å². The summed E-state index contributed by atoms with van der Waals surface area (Å²) < 4.78 is 11.0. The van der Waals surface area contributed by atoms with E-state index in [9.17, 15) is 5.11 Å². The van der Waals surface area contributed by atoms with Crippen LogP contribution in [0.2, 0.25) is 0 Å². The van der Waals surface area contributed by atoms with Crippen LogP contribution in [0.1, 0.15) is 32.6 Å². The largest absolute Gasteiger partial charge is 0.389 e. The fourth-order valence-corrected chi connectivity index (χ4v) is 3.13. The first-order chi connectivity index (χ1) is 9.79. The molecule has 5 heteroatoms. The summed E-state index contributed by atoms with van der Waals surface area (Å²) >= 11 is 0. The van der Waals surface area contributed by atoms with Crippen molar-refractivity contribution in [2.24, 2.45) is 0 Å². The van der Waals surface area contributed by atoms with E-state index in [0.717, 1.165) is 32.5 Å². The molecule has 0 spiro atoms. The summed E-state index contributed by atoms with van der Waals surface area (Å²) in [5, 5.41) is 13.2. The molecular formula is C15H30N2O3. The van der Waals surface area contributed by atoms with Gasteiger partial charge in [-0.15, -0.1) is 0 Å². The van der Waals surface area contributed by atoms with Crippen molar-refractivity contribution in [3.05, 3.63) is 0 Å². The van der Waals surface area contributed by atoms with Gasteiger partial charge < -0.3 is 19.9 Å². The number of nitrogens with zero attached hydrogens (tertiary/aromatic N) is 1. The lowest BCUT2D eigenvalue weighted by Crippen LogP contribution is -2.41. The molecule has 3 unspecified atom stereocenters. The number of likely N-dealkylation sites (tertiary alicyclic amines) is 1. The SMILES string of the molecule is CCN1CCCC1CNCC(O)COCC1CCCO1. The second-order valence-electron chi connectivity index (χ2n) is 5.91. The summed E-state index contributed by atoms with van der Waals surface area (Å²) in [5.74, 6) is 0. The Morgan fingerprint density at radius 2 is 2.30 bits per heavy atom. The summed E-state index contributed by atoms with van der Waals surface area (Å²) in [4.78, 5) is 2.51. The molecule has 2 heterocycles. The Morgan fingerprint density at radius 3 is 3.05 bits per heavy atom. The molecule has 2 rings (SSSR count). The van der Waals surface area contributed by atoms with Gasteiger partial charge >= 0.3 is 0 Å². The quantitative estimate of drug-likeness (QED) is 0.651. The minimum atomic E-state index is -0.423. The lowest BCUT2D eigenvalue weighted by molar-refractivity contribution is -0.0166. The first-order valence-corrected chi connectivity index (χ1v) is 8.11. The predicted molar refractivity (Wildman–Crippen MR) is 78.9 cm³/mol. The van der Waals surface area contributed by atoms with E-state index in [0.29, 0.717) is 25.8 Å². The fraction of sp³-hybridized carbons (Fsp3) is 1.00. The molecule has 0 aromatic heterocycles. The molecule has 0 aliphatic carbocycles. The summed E-state index contributed by atoms with van der Waals surface area (Å²) in [7, 11) is 0. The molecule has 0 saturated carbocycles. The van der Waals surface area contributed by atoms with Crippen LogP contribution in [0.4, 0.5) is 0 Å². The molecule has 3 atom stereocenters. The van der Waals surface area contributed by atoms with Crippen molar-refractivity contribution < 1.29 is 14.6 Å². The van der Waals surface area contributed by atoms with Crippen LogP contribution in [-0.4, -0.2) is 74.3 Å². The van der Waals surface area contributed by atoms with Crippen molar-refractivity contribution in [3.8, 4) is 0 Å². The van der Waals surface area contributed by atoms with Gasteiger partial charge in [-0.25, -0.2) is 0 Å². The third-order valence-corrected chi connectivity index (χ3v) is 4.30. The van der Waals surface area contributed by atoms with Crippen LogP contribution in [0.15, 0.2) is 0 Å². The van der Waals surface area contributed by atoms with Crippen molar-refractivity contribution in [2.75, 3.05) is 46.0 Å². The van der Waals surface area contributed by atoms with Gasteiger partial charge in [-0.2, -0.15) is 0 Å². The second kappa shape index (κ2) is 8.95. The maximum atomic E-state index is 9.88. The van der Waals surface area contributed by atoms with E-state index < -0.39 is 6.10 Å². The van der Waals surface area contributed by atoms with Crippen molar-refractivity contribution in [1.82, 2.24) is 10.2 Å². The fourth-order valence-electron chi connectivity index (χ4n) is 3.13. The number of nitrogens with one attached hydrogen (secondary N) is 1. The summed E-state index contributed by atoms with van der Waals surface area (Å²) in [5.41, 5.74) is 0. The normalized spacial score (nSPS) is 29.1. The lowest BCUT2D eigenvalue weighted by atomic mass is 10.2. The Bertz CT molecular complexity index is 260. The van der Waals surface area contributed by atoms with Crippen LogP contribution in [0, 0.1) is 0 Å². The molecule has 0 aromatic carbocycles. The number of likely N-dealkylation sites (N-methyl/N-ethyl adjacent to an activating group) is 1. The van der Waals surface area contributed by atoms with Gasteiger partial charge in [0.15, 0.2) is 0 Å². The highest BCUT2D eigenvalue weighted by Crippen LogP contribution is 2.15. The van der Waals surface area contributed by atoms with Gasteiger partial charge in [-0.1, -0.05) is 6.92 Å². The van der Waals surface area contributed by atoms with Crippen molar-refractivity contribution in [1.29, 1.82) is 0 Å². The average molecular weight is 286 g/mol. The van der Waals surface area contributed by atoms with E-state index in [1.165, 1.54) is 19.4 Å². The van der Waals surface area contributed by atoms with E-state index in [1.54, 1.807) is 0 Å². The number of hydrogen-bond donors (Lipinski definition) is 2. The van der Waals surface area contributed by atoms with Gasteiger partial charge in [0.25, 0.3) is 0 Å². The summed E-state index contributed by atoms with van der Waals surface area (Å²) in [6.45, 7) is 8.00. The van der Waals surface area contributed by atoms with Crippen molar-refractivity contribution >= 4 is 0 Å². The molecule has 2 aliphatic rings. The summed E-state index contributed by atoms with van der Waals surface area (Å²) in [6, 6.07) is 0.639. The smallest absolute Gasteiger partial charge is 0.0897 e. The number of rotatable bonds is 9. The maximum absolute atomic E-state index is 9.88. The minimum Gasteiger partial charge on any atom is -0.389 e. The van der Waals surface area contributed by atoms with Crippen LogP contribution in [-0.2, 0) is 9.47 Å². The van der Waals surface area contributed by atoms with Gasteiger partial charge in [0, 0.05) is 25.7 Å². The van der Waals surface area contributed by atoms with E-state index in [4.69, 9.17) is 9.47 Å². The first-order valence-electron chi connectivity index (χ1n) is 8.11. The molecule has 0 amide bonds.